The van der Waals surface area contributed by atoms with E-state index in [0.717, 1.165) is 0 Å². The molecule has 0 spiro atoms. The zero-order valence-corrected chi connectivity index (χ0v) is 13.6. The molecule has 0 aliphatic rings. The topological polar surface area (TPSA) is 12.0 Å². The van der Waals surface area contributed by atoms with Gasteiger partial charge in [-0.15, -0.1) is 0 Å². The fourth-order valence-corrected chi connectivity index (χ4v) is 3.47. The fourth-order valence-electron chi connectivity index (χ4n) is 3.47. The second-order valence-electron chi connectivity index (χ2n) is 7.19. The molecular formula is C21H21N. The normalized spacial score (nSPS) is 12.5. The molecule has 1 N–H and O–H groups in total. The molecule has 0 saturated carbocycles. The van der Waals surface area contributed by atoms with Crippen LogP contribution >= 0.6 is 0 Å². The minimum Gasteiger partial charge on any atom is -0.388 e. The number of nitrogens with one attached hydrogen (secondary N) is 1. The van der Waals surface area contributed by atoms with Crippen LogP contribution in [-0.4, -0.2) is 7.05 Å². The molecule has 4 aromatic rings. The third kappa shape index (κ3) is 1.78. The van der Waals surface area contributed by atoms with Gasteiger partial charge in [0.1, 0.15) is 0 Å². The fraction of sp³-hybridized carbons (Fsp3) is 0.238. The van der Waals surface area contributed by atoms with Crippen molar-refractivity contribution in [3.8, 4) is 0 Å². The smallest absolute Gasteiger partial charge is 0.0417 e. The molecule has 22 heavy (non-hydrogen) atoms. The summed E-state index contributed by atoms with van der Waals surface area (Å²) in [6, 6.07) is 18.1. The summed E-state index contributed by atoms with van der Waals surface area (Å²) in [7, 11) is 1.99. The highest BCUT2D eigenvalue weighted by molar-refractivity contribution is 6.25. The van der Waals surface area contributed by atoms with Gasteiger partial charge >= 0.3 is 0 Å². The van der Waals surface area contributed by atoms with E-state index in [-0.39, 0.29) is 5.41 Å². The quantitative estimate of drug-likeness (QED) is 0.428. The third-order valence-corrected chi connectivity index (χ3v) is 4.73. The van der Waals surface area contributed by atoms with Gasteiger partial charge in [-0.3, -0.25) is 0 Å². The van der Waals surface area contributed by atoms with Crippen LogP contribution in [0.25, 0.3) is 32.3 Å². The van der Waals surface area contributed by atoms with Crippen LogP contribution in [0.3, 0.4) is 0 Å². The largest absolute Gasteiger partial charge is 0.388 e. The molecule has 0 amide bonds. The van der Waals surface area contributed by atoms with E-state index in [1.807, 2.05) is 7.05 Å². The van der Waals surface area contributed by atoms with E-state index in [0.29, 0.717) is 0 Å². The van der Waals surface area contributed by atoms with E-state index in [9.17, 15) is 0 Å². The van der Waals surface area contributed by atoms with Crippen LogP contribution in [0.5, 0.6) is 0 Å². The van der Waals surface area contributed by atoms with Crippen molar-refractivity contribution in [3.05, 3.63) is 54.1 Å². The Labute approximate surface area is 131 Å². The highest BCUT2D eigenvalue weighted by Crippen LogP contribution is 2.39. The van der Waals surface area contributed by atoms with Crippen molar-refractivity contribution < 1.29 is 0 Å². The molecule has 0 fully saturated rings. The molecule has 0 saturated heterocycles. The molecule has 0 heterocycles. The van der Waals surface area contributed by atoms with E-state index in [4.69, 9.17) is 0 Å². The first kappa shape index (κ1) is 13.4. The van der Waals surface area contributed by atoms with E-state index < -0.39 is 0 Å². The SMILES string of the molecule is CNc1ccc2ccc3cc(C(C)(C)C)cc4ccc1c2c34. The van der Waals surface area contributed by atoms with Crippen molar-refractivity contribution in [2.45, 2.75) is 26.2 Å². The molecule has 0 radical (unpaired) electrons. The van der Waals surface area contributed by atoms with E-state index in [2.05, 4.69) is 74.6 Å². The van der Waals surface area contributed by atoms with E-state index in [1.54, 1.807) is 0 Å². The molecule has 0 unspecified atom stereocenters. The van der Waals surface area contributed by atoms with E-state index in [1.165, 1.54) is 43.6 Å². The van der Waals surface area contributed by atoms with Crippen molar-refractivity contribution in [1.82, 2.24) is 0 Å². The number of anilines is 1. The van der Waals surface area contributed by atoms with Crippen LogP contribution in [-0.2, 0) is 5.41 Å². The molecule has 0 aliphatic heterocycles. The average molecular weight is 287 g/mol. The van der Waals surface area contributed by atoms with Gasteiger partial charge in [-0.05, 0) is 44.0 Å². The second-order valence-corrected chi connectivity index (χ2v) is 7.19. The zero-order valence-electron chi connectivity index (χ0n) is 13.6. The lowest BCUT2D eigenvalue weighted by atomic mass is 9.83. The van der Waals surface area contributed by atoms with Gasteiger partial charge in [-0.1, -0.05) is 63.2 Å². The van der Waals surface area contributed by atoms with Gasteiger partial charge in [0.25, 0.3) is 0 Å². The first-order chi connectivity index (χ1) is 10.5. The summed E-state index contributed by atoms with van der Waals surface area (Å²) in [5.74, 6) is 0. The average Bonchev–Trinajstić information content (AvgIpc) is 2.51. The third-order valence-electron chi connectivity index (χ3n) is 4.73. The first-order valence-electron chi connectivity index (χ1n) is 7.89. The minimum atomic E-state index is 0.167. The Morgan fingerprint density at radius 1 is 0.727 bits per heavy atom. The van der Waals surface area contributed by atoms with Crippen molar-refractivity contribution in [1.29, 1.82) is 0 Å². The highest BCUT2D eigenvalue weighted by atomic mass is 14.8. The summed E-state index contributed by atoms with van der Waals surface area (Å²) in [4.78, 5) is 0. The Hall–Kier alpha value is -2.28. The van der Waals surface area contributed by atoms with Crippen molar-refractivity contribution >= 4 is 38.0 Å². The van der Waals surface area contributed by atoms with Crippen LogP contribution in [0.15, 0.2) is 48.5 Å². The van der Waals surface area contributed by atoms with Crippen LogP contribution in [0, 0.1) is 0 Å². The van der Waals surface area contributed by atoms with Crippen LogP contribution < -0.4 is 5.32 Å². The van der Waals surface area contributed by atoms with Gasteiger partial charge in [0.2, 0.25) is 0 Å². The zero-order chi connectivity index (χ0) is 15.5. The van der Waals surface area contributed by atoms with Gasteiger partial charge in [0, 0.05) is 18.1 Å². The Kier molecular flexibility index (Phi) is 2.65. The second kappa shape index (κ2) is 4.36. The molecule has 4 aromatic carbocycles. The Balaban J connectivity index is 2.22. The van der Waals surface area contributed by atoms with Gasteiger partial charge in [-0.2, -0.15) is 0 Å². The van der Waals surface area contributed by atoms with Crippen LogP contribution in [0.2, 0.25) is 0 Å². The molecule has 0 aromatic heterocycles. The predicted molar refractivity (Wildman–Crippen MR) is 98.4 cm³/mol. The monoisotopic (exact) mass is 287 g/mol. The van der Waals surface area contributed by atoms with Gasteiger partial charge in [-0.25, -0.2) is 0 Å². The molecule has 4 rings (SSSR count). The summed E-state index contributed by atoms with van der Waals surface area (Å²) in [5, 5.41) is 11.4. The van der Waals surface area contributed by atoms with E-state index >= 15 is 0 Å². The predicted octanol–water partition coefficient (Wildman–Crippen LogP) is 5.92. The maximum atomic E-state index is 3.32. The molecule has 0 atom stereocenters. The minimum absolute atomic E-state index is 0.167. The maximum absolute atomic E-state index is 3.32. The lowest BCUT2D eigenvalue weighted by Gasteiger charge is -2.21. The number of benzene rings is 4. The lowest BCUT2D eigenvalue weighted by molar-refractivity contribution is 0.591. The Bertz CT molecular complexity index is 971. The summed E-state index contributed by atoms with van der Waals surface area (Å²) in [5.41, 5.74) is 2.76. The van der Waals surface area contributed by atoms with Crippen molar-refractivity contribution in [3.63, 3.8) is 0 Å². The molecule has 110 valence electrons. The van der Waals surface area contributed by atoms with Crippen molar-refractivity contribution in [2.75, 3.05) is 12.4 Å². The number of hydrogen-bond acceptors (Lipinski definition) is 1. The summed E-state index contributed by atoms with van der Waals surface area (Å²) in [6.07, 6.45) is 0. The first-order valence-corrected chi connectivity index (χ1v) is 7.89. The van der Waals surface area contributed by atoms with Crippen LogP contribution in [0.4, 0.5) is 5.69 Å². The summed E-state index contributed by atoms with van der Waals surface area (Å²) in [6.45, 7) is 6.83. The maximum Gasteiger partial charge on any atom is 0.0417 e. The molecule has 0 aliphatic carbocycles. The molecular weight excluding hydrogens is 266 g/mol. The van der Waals surface area contributed by atoms with Crippen molar-refractivity contribution in [2.24, 2.45) is 0 Å². The number of rotatable bonds is 1. The van der Waals surface area contributed by atoms with Gasteiger partial charge in [0.05, 0.1) is 0 Å². The van der Waals surface area contributed by atoms with Gasteiger partial charge < -0.3 is 5.32 Å². The van der Waals surface area contributed by atoms with Crippen LogP contribution in [0.1, 0.15) is 26.3 Å². The number of hydrogen-bond donors (Lipinski definition) is 1. The Morgan fingerprint density at radius 3 is 1.95 bits per heavy atom. The lowest BCUT2D eigenvalue weighted by Crippen LogP contribution is -2.10. The standard InChI is InChI=1S/C21H21N/c1-21(2,3)16-11-14-6-5-13-8-10-18(22-4)17-9-7-15(12-16)19(14)20(13)17/h5-12,22H,1-4H3. The summed E-state index contributed by atoms with van der Waals surface area (Å²) >= 11 is 0. The highest BCUT2D eigenvalue weighted by Gasteiger charge is 2.17. The Morgan fingerprint density at radius 2 is 1.32 bits per heavy atom. The van der Waals surface area contributed by atoms with Gasteiger partial charge in [0.15, 0.2) is 0 Å². The molecule has 1 nitrogen and oxygen atoms in total. The summed E-state index contributed by atoms with van der Waals surface area (Å²) < 4.78 is 0. The molecule has 1 heteroatoms. The molecule has 0 bridgehead atoms.